The van der Waals surface area contributed by atoms with E-state index in [0.717, 1.165) is 34.3 Å². The normalized spacial score (nSPS) is 10.2. The van der Waals surface area contributed by atoms with Gasteiger partial charge in [0.1, 0.15) is 0 Å². The standard InChI is InChI=1S/C18H19ClN2O2S2/c1-23-17(22)13-6-4-7-15(11-13)21-18(24)20-9-10-25-12-14-5-2-3-8-16(14)19/h2-8,11H,9-10,12H2,1H3,(H2,20,21,24). The molecular weight excluding hydrogens is 376 g/mol. The summed E-state index contributed by atoms with van der Waals surface area (Å²) in [5.74, 6) is 1.39. The van der Waals surface area contributed by atoms with Gasteiger partial charge in [0.2, 0.25) is 0 Å². The fourth-order valence-electron chi connectivity index (χ4n) is 2.05. The molecule has 2 N–H and O–H groups in total. The molecule has 0 aliphatic rings. The maximum absolute atomic E-state index is 11.5. The van der Waals surface area contributed by atoms with E-state index in [2.05, 4.69) is 10.6 Å². The number of thioether (sulfide) groups is 1. The molecule has 7 heteroatoms. The largest absolute Gasteiger partial charge is 0.465 e. The fourth-order valence-corrected chi connectivity index (χ4v) is 3.42. The van der Waals surface area contributed by atoms with E-state index in [4.69, 9.17) is 28.6 Å². The minimum atomic E-state index is -0.376. The summed E-state index contributed by atoms with van der Waals surface area (Å²) >= 11 is 13.2. The number of hydrogen-bond acceptors (Lipinski definition) is 4. The number of rotatable bonds is 7. The first-order valence-electron chi connectivity index (χ1n) is 7.64. The number of carbonyl (C=O) groups excluding carboxylic acids is 1. The molecule has 0 unspecified atom stereocenters. The Morgan fingerprint density at radius 3 is 2.80 bits per heavy atom. The van der Waals surface area contributed by atoms with Crippen molar-refractivity contribution in [2.75, 3.05) is 24.7 Å². The number of anilines is 1. The van der Waals surface area contributed by atoms with Crippen LogP contribution >= 0.6 is 35.6 Å². The summed E-state index contributed by atoms with van der Waals surface area (Å²) < 4.78 is 4.71. The van der Waals surface area contributed by atoms with Crippen LogP contribution in [-0.4, -0.2) is 30.5 Å². The molecule has 0 saturated heterocycles. The number of methoxy groups -OCH3 is 1. The Labute approximate surface area is 162 Å². The van der Waals surface area contributed by atoms with Crippen molar-refractivity contribution in [3.8, 4) is 0 Å². The lowest BCUT2D eigenvalue weighted by molar-refractivity contribution is 0.0601. The van der Waals surface area contributed by atoms with E-state index in [1.54, 1.807) is 30.0 Å². The van der Waals surface area contributed by atoms with Crippen molar-refractivity contribution >= 4 is 52.3 Å². The van der Waals surface area contributed by atoms with Crippen LogP contribution in [0.25, 0.3) is 0 Å². The van der Waals surface area contributed by atoms with Gasteiger partial charge in [-0.2, -0.15) is 11.8 Å². The van der Waals surface area contributed by atoms with E-state index >= 15 is 0 Å². The SMILES string of the molecule is COC(=O)c1cccc(NC(=S)NCCSCc2ccccc2Cl)c1. The van der Waals surface area contributed by atoms with Gasteiger partial charge in [-0.15, -0.1) is 0 Å². The quantitative estimate of drug-likeness (QED) is 0.413. The molecule has 0 aromatic heterocycles. The summed E-state index contributed by atoms with van der Waals surface area (Å²) in [4.78, 5) is 11.5. The summed E-state index contributed by atoms with van der Waals surface area (Å²) in [5, 5.41) is 7.52. The van der Waals surface area contributed by atoms with E-state index in [9.17, 15) is 4.79 Å². The number of thiocarbonyl (C=S) groups is 1. The first-order chi connectivity index (χ1) is 12.1. The van der Waals surface area contributed by atoms with Crippen LogP contribution < -0.4 is 10.6 Å². The second-order valence-electron chi connectivity index (χ2n) is 5.10. The van der Waals surface area contributed by atoms with Crippen molar-refractivity contribution in [1.29, 1.82) is 0 Å². The number of esters is 1. The Hall–Kier alpha value is -1.76. The van der Waals surface area contributed by atoms with E-state index in [1.165, 1.54) is 7.11 Å². The van der Waals surface area contributed by atoms with Crippen molar-refractivity contribution in [1.82, 2.24) is 5.32 Å². The van der Waals surface area contributed by atoms with Crippen LogP contribution in [0.3, 0.4) is 0 Å². The van der Waals surface area contributed by atoms with Gasteiger partial charge in [0.05, 0.1) is 12.7 Å². The third kappa shape index (κ3) is 6.57. The molecule has 0 spiro atoms. The first-order valence-corrected chi connectivity index (χ1v) is 9.58. The molecule has 0 fully saturated rings. The highest BCUT2D eigenvalue weighted by molar-refractivity contribution is 7.98. The van der Waals surface area contributed by atoms with Crippen molar-refractivity contribution in [3.05, 3.63) is 64.7 Å². The van der Waals surface area contributed by atoms with Gasteiger partial charge in [-0.05, 0) is 42.0 Å². The Kier molecular flexibility index (Phi) is 8.04. The van der Waals surface area contributed by atoms with E-state index in [0.29, 0.717) is 10.7 Å². The average Bonchev–Trinajstić information content (AvgIpc) is 2.62. The van der Waals surface area contributed by atoms with Crippen molar-refractivity contribution in [2.45, 2.75) is 5.75 Å². The van der Waals surface area contributed by atoms with Gasteiger partial charge < -0.3 is 15.4 Å². The van der Waals surface area contributed by atoms with Crippen LogP contribution in [0.5, 0.6) is 0 Å². The van der Waals surface area contributed by atoms with Crippen LogP contribution in [0.15, 0.2) is 48.5 Å². The van der Waals surface area contributed by atoms with Gasteiger partial charge in [0.25, 0.3) is 0 Å². The molecule has 0 amide bonds. The molecule has 0 aliphatic carbocycles. The minimum absolute atomic E-state index is 0.376. The monoisotopic (exact) mass is 394 g/mol. The molecule has 0 radical (unpaired) electrons. The van der Waals surface area contributed by atoms with E-state index < -0.39 is 0 Å². The highest BCUT2D eigenvalue weighted by atomic mass is 35.5. The molecule has 2 rings (SSSR count). The highest BCUT2D eigenvalue weighted by Gasteiger charge is 2.06. The molecule has 0 bridgehead atoms. The predicted molar refractivity (Wildman–Crippen MR) is 110 cm³/mol. The predicted octanol–water partition coefficient (Wildman–Crippen LogP) is 4.35. The first kappa shape index (κ1) is 19.6. The second kappa shape index (κ2) is 10.3. The molecule has 2 aromatic carbocycles. The van der Waals surface area contributed by atoms with Crippen LogP contribution in [0.4, 0.5) is 5.69 Å². The van der Waals surface area contributed by atoms with Crippen molar-refractivity contribution in [3.63, 3.8) is 0 Å². The minimum Gasteiger partial charge on any atom is -0.465 e. The van der Waals surface area contributed by atoms with Crippen LogP contribution in [0.1, 0.15) is 15.9 Å². The number of benzene rings is 2. The summed E-state index contributed by atoms with van der Waals surface area (Å²) in [6, 6.07) is 14.9. The van der Waals surface area contributed by atoms with Crippen LogP contribution in [0.2, 0.25) is 5.02 Å². The maximum atomic E-state index is 11.5. The lowest BCUT2D eigenvalue weighted by Crippen LogP contribution is -2.30. The zero-order chi connectivity index (χ0) is 18.1. The number of hydrogen-bond donors (Lipinski definition) is 2. The topological polar surface area (TPSA) is 50.4 Å². The maximum Gasteiger partial charge on any atom is 0.337 e. The zero-order valence-electron chi connectivity index (χ0n) is 13.8. The van der Waals surface area contributed by atoms with Gasteiger partial charge in [-0.25, -0.2) is 4.79 Å². The summed E-state index contributed by atoms with van der Waals surface area (Å²) in [5.41, 5.74) is 2.35. The highest BCUT2D eigenvalue weighted by Crippen LogP contribution is 2.20. The number of carbonyl (C=O) groups is 1. The van der Waals surface area contributed by atoms with Gasteiger partial charge in [-0.3, -0.25) is 0 Å². The average molecular weight is 395 g/mol. The third-order valence-electron chi connectivity index (χ3n) is 3.29. The fraction of sp³-hybridized carbons (Fsp3) is 0.222. The van der Waals surface area contributed by atoms with Gasteiger partial charge in [0.15, 0.2) is 5.11 Å². The summed E-state index contributed by atoms with van der Waals surface area (Å²) in [6.07, 6.45) is 0. The number of ether oxygens (including phenoxy) is 1. The Morgan fingerprint density at radius 2 is 2.04 bits per heavy atom. The Morgan fingerprint density at radius 1 is 1.24 bits per heavy atom. The molecule has 0 heterocycles. The molecule has 0 saturated carbocycles. The van der Waals surface area contributed by atoms with Crippen molar-refractivity contribution < 1.29 is 9.53 Å². The molecule has 2 aromatic rings. The third-order valence-corrected chi connectivity index (χ3v) is 4.91. The Bertz CT molecular complexity index is 741. The molecule has 0 atom stereocenters. The second-order valence-corrected chi connectivity index (χ2v) is 7.02. The van der Waals surface area contributed by atoms with Gasteiger partial charge in [-0.1, -0.05) is 35.9 Å². The molecule has 25 heavy (non-hydrogen) atoms. The number of halogens is 1. The smallest absolute Gasteiger partial charge is 0.337 e. The molecule has 0 aliphatic heterocycles. The summed E-state index contributed by atoms with van der Waals surface area (Å²) in [7, 11) is 1.36. The lowest BCUT2D eigenvalue weighted by Gasteiger charge is -2.11. The lowest BCUT2D eigenvalue weighted by atomic mass is 10.2. The van der Waals surface area contributed by atoms with Gasteiger partial charge in [0, 0.05) is 28.8 Å². The Balaban J connectivity index is 1.71. The van der Waals surface area contributed by atoms with E-state index in [-0.39, 0.29) is 5.97 Å². The van der Waals surface area contributed by atoms with E-state index in [1.807, 2.05) is 30.3 Å². The van der Waals surface area contributed by atoms with Gasteiger partial charge >= 0.3 is 5.97 Å². The van der Waals surface area contributed by atoms with Crippen molar-refractivity contribution in [2.24, 2.45) is 0 Å². The van der Waals surface area contributed by atoms with Crippen LogP contribution in [-0.2, 0) is 10.5 Å². The van der Waals surface area contributed by atoms with Crippen LogP contribution in [0, 0.1) is 0 Å². The molecular formula is C18H19ClN2O2S2. The molecule has 4 nitrogen and oxygen atoms in total. The molecule has 132 valence electrons. The zero-order valence-corrected chi connectivity index (χ0v) is 16.1. The summed E-state index contributed by atoms with van der Waals surface area (Å²) in [6.45, 7) is 0.734. The number of nitrogens with one attached hydrogen (secondary N) is 2.